The summed E-state index contributed by atoms with van der Waals surface area (Å²) in [5, 5.41) is 19.6. The maximum Gasteiger partial charge on any atom is 0.269 e. The van der Waals surface area contributed by atoms with Gasteiger partial charge in [0.05, 0.1) is 10.4 Å². The van der Waals surface area contributed by atoms with E-state index in [9.17, 15) is 10.1 Å². The van der Waals surface area contributed by atoms with E-state index in [1.54, 1.807) is 23.9 Å². The Labute approximate surface area is 239 Å². The van der Waals surface area contributed by atoms with Crippen LogP contribution in [0.2, 0.25) is 0 Å². The first-order valence-corrected chi connectivity index (χ1v) is 14.6. The Hall–Kier alpha value is -3.69. The molecule has 1 aliphatic rings. The van der Waals surface area contributed by atoms with Crippen molar-refractivity contribution in [3.8, 4) is 0 Å². The normalized spacial score (nSPS) is 17.1. The standard InChI is InChI=1S/C31H36N6O2S/c1-21-8-15-26(16-9-21)40-29-17-14-25(37(38)39)18-23(29)20-32-19-22-10-12-24(13-11-22)33-31-34-28-7-5-4-6-27(28)30(35-31)36(2)3/h4-9,14-18,22,24,32H,10-13,19-20H2,1-3H3,(H,33,34,35). The number of nitrogens with zero attached hydrogens (tertiary/aromatic N) is 4. The lowest BCUT2D eigenvalue weighted by Gasteiger charge is -2.29. The van der Waals surface area contributed by atoms with Crippen LogP contribution in [0, 0.1) is 23.0 Å². The number of aryl methyl sites for hydroxylation is 1. The summed E-state index contributed by atoms with van der Waals surface area (Å²) >= 11 is 1.65. The predicted octanol–water partition coefficient (Wildman–Crippen LogP) is 6.82. The summed E-state index contributed by atoms with van der Waals surface area (Å²) in [5.41, 5.74) is 3.25. The largest absolute Gasteiger partial charge is 0.362 e. The first kappa shape index (κ1) is 27.9. The van der Waals surface area contributed by atoms with Crippen molar-refractivity contribution < 1.29 is 4.92 Å². The third-order valence-electron chi connectivity index (χ3n) is 7.44. The fraction of sp³-hybridized carbons (Fsp3) is 0.355. The molecule has 1 heterocycles. The van der Waals surface area contributed by atoms with Crippen LogP contribution < -0.4 is 15.5 Å². The second-order valence-corrected chi connectivity index (χ2v) is 11.9. The number of rotatable bonds is 10. The Morgan fingerprint density at radius 2 is 1.75 bits per heavy atom. The van der Waals surface area contributed by atoms with Gasteiger partial charge >= 0.3 is 0 Å². The summed E-state index contributed by atoms with van der Waals surface area (Å²) in [6.45, 7) is 3.56. The molecule has 1 aromatic heterocycles. The van der Waals surface area contributed by atoms with Crippen LogP contribution in [-0.4, -0.2) is 41.6 Å². The molecule has 0 amide bonds. The van der Waals surface area contributed by atoms with Gasteiger partial charge in [0.1, 0.15) is 5.82 Å². The fourth-order valence-electron chi connectivity index (χ4n) is 5.22. The van der Waals surface area contributed by atoms with E-state index in [0.717, 1.165) is 64.3 Å². The molecule has 4 aromatic rings. The minimum absolute atomic E-state index is 0.130. The second-order valence-electron chi connectivity index (χ2n) is 10.7. The van der Waals surface area contributed by atoms with Crippen LogP contribution in [0.4, 0.5) is 17.5 Å². The molecular weight excluding hydrogens is 520 g/mol. The zero-order chi connectivity index (χ0) is 28.1. The van der Waals surface area contributed by atoms with Gasteiger partial charge in [-0.3, -0.25) is 10.1 Å². The van der Waals surface area contributed by atoms with Crippen molar-refractivity contribution >= 4 is 40.1 Å². The van der Waals surface area contributed by atoms with E-state index in [-0.39, 0.29) is 10.6 Å². The zero-order valence-corrected chi connectivity index (χ0v) is 24.1. The molecular formula is C31H36N6O2S. The molecule has 1 aliphatic carbocycles. The lowest BCUT2D eigenvalue weighted by atomic mass is 9.86. The number of hydrogen-bond acceptors (Lipinski definition) is 8. The van der Waals surface area contributed by atoms with Crippen molar-refractivity contribution in [1.29, 1.82) is 0 Å². The van der Waals surface area contributed by atoms with E-state index in [4.69, 9.17) is 9.97 Å². The van der Waals surface area contributed by atoms with Gasteiger partial charge in [0.25, 0.3) is 5.69 Å². The highest BCUT2D eigenvalue weighted by molar-refractivity contribution is 7.99. The molecule has 0 unspecified atom stereocenters. The van der Waals surface area contributed by atoms with E-state index in [1.165, 1.54) is 5.56 Å². The molecule has 0 saturated heterocycles. The quantitative estimate of drug-likeness (QED) is 0.162. The molecule has 1 saturated carbocycles. The SMILES string of the molecule is Cc1ccc(Sc2ccc([N+](=O)[O-])cc2CNCC2CCC(Nc3nc(N(C)C)c4ccccc4n3)CC2)cc1. The molecule has 0 aliphatic heterocycles. The van der Waals surface area contributed by atoms with Gasteiger partial charge in [0, 0.05) is 54.0 Å². The number of aromatic nitrogens is 2. The van der Waals surface area contributed by atoms with E-state index in [1.807, 2.05) is 43.3 Å². The van der Waals surface area contributed by atoms with Gasteiger partial charge in [-0.2, -0.15) is 4.98 Å². The van der Waals surface area contributed by atoms with Gasteiger partial charge in [0.15, 0.2) is 0 Å². The molecule has 8 nitrogen and oxygen atoms in total. The molecule has 1 fully saturated rings. The highest BCUT2D eigenvalue weighted by Crippen LogP contribution is 2.33. The third-order valence-corrected chi connectivity index (χ3v) is 8.56. The van der Waals surface area contributed by atoms with Crippen LogP contribution in [0.15, 0.2) is 76.5 Å². The van der Waals surface area contributed by atoms with E-state index in [2.05, 4.69) is 47.9 Å². The van der Waals surface area contributed by atoms with Crippen molar-refractivity contribution in [3.63, 3.8) is 0 Å². The molecule has 0 spiro atoms. The van der Waals surface area contributed by atoms with Crippen LogP contribution in [0.5, 0.6) is 0 Å². The minimum Gasteiger partial charge on any atom is -0.362 e. The Morgan fingerprint density at radius 3 is 2.48 bits per heavy atom. The van der Waals surface area contributed by atoms with Crippen LogP contribution in [0.1, 0.15) is 36.8 Å². The molecule has 9 heteroatoms. The molecule has 40 heavy (non-hydrogen) atoms. The number of fused-ring (bicyclic) bond motifs is 1. The van der Waals surface area contributed by atoms with Crippen molar-refractivity contribution in [3.05, 3.63) is 88.0 Å². The summed E-state index contributed by atoms with van der Waals surface area (Å²) in [4.78, 5) is 24.9. The summed E-state index contributed by atoms with van der Waals surface area (Å²) in [5.74, 6) is 2.18. The van der Waals surface area contributed by atoms with Gasteiger partial charge in [-0.1, -0.05) is 41.6 Å². The zero-order valence-electron chi connectivity index (χ0n) is 23.3. The van der Waals surface area contributed by atoms with Gasteiger partial charge in [-0.15, -0.1) is 0 Å². The van der Waals surface area contributed by atoms with Crippen molar-refractivity contribution in [1.82, 2.24) is 15.3 Å². The molecule has 208 valence electrons. The van der Waals surface area contributed by atoms with E-state index >= 15 is 0 Å². The molecule has 0 bridgehead atoms. The maximum atomic E-state index is 11.4. The van der Waals surface area contributed by atoms with E-state index < -0.39 is 0 Å². The number of nitrogens with one attached hydrogen (secondary N) is 2. The topological polar surface area (TPSA) is 96.2 Å². The minimum atomic E-state index is -0.321. The first-order chi connectivity index (χ1) is 19.4. The van der Waals surface area contributed by atoms with Crippen LogP contribution in [0.25, 0.3) is 10.9 Å². The summed E-state index contributed by atoms with van der Waals surface area (Å²) < 4.78 is 0. The lowest BCUT2D eigenvalue weighted by molar-refractivity contribution is -0.385. The van der Waals surface area contributed by atoms with Crippen molar-refractivity contribution in [2.75, 3.05) is 30.9 Å². The average molecular weight is 557 g/mol. The average Bonchev–Trinajstić information content (AvgIpc) is 2.95. The molecule has 0 atom stereocenters. The molecule has 5 rings (SSSR count). The first-order valence-electron chi connectivity index (χ1n) is 13.8. The predicted molar refractivity (Wildman–Crippen MR) is 163 cm³/mol. The Bertz CT molecular complexity index is 1470. The molecule has 2 N–H and O–H groups in total. The second kappa shape index (κ2) is 12.7. The number of nitro benzene ring substituents is 1. The van der Waals surface area contributed by atoms with Gasteiger partial charge in [0.2, 0.25) is 5.95 Å². The number of hydrogen-bond donors (Lipinski definition) is 2. The maximum absolute atomic E-state index is 11.4. The lowest BCUT2D eigenvalue weighted by Crippen LogP contribution is -2.31. The number of nitro groups is 1. The number of non-ortho nitro benzene ring substituents is 1. The molecule has 3 aromatic carbocycles. The number of para-hydroxylation sites is 1. The van der Waals surface area contributed by atoms with Gasteiger partial charge in [-0.25, -0.2) is 4.98 Å². The fourth-order valence-corrected chi connectivity index (χ4v) is 6.14. The smallest absolute Gasteiger partial charge is 0.269 e. The highest BCUT2D eigenvalue weighted by Gasteiger charge is 2.22. The van der Waals surface area contributed by atoms with E-state index in [0.29, 0.717) is 24.5 Å². The highest BCUT2D eigenvalue weighted by atomic mass is 32.2. The van der Waals surface area contributed by atoms with Crippen molar-refractivity contribution in [2.45, 2.75) is 55.0 Å². The van der Waals surface area contributed by atoms with Crippen molar-refractivity contribution in [2.24, 2.45) is 5.92 Å². The Kier molecular flexibility index (Phi) is 8.81. The molecule has 0 radical (unpaired) electrons. The monoisotopic (exact) mass is 556 g/mol. The van der Waals surface area contributed by atoms with Crippen LogP contribution in [-0.2, 0) is 6.54 Å². The summed E-state index contributed by atoms with van der Waals surface area (Å²) in [6.07, 6.45) is 4.34. The third kappa shape index (κ3) is 6.89. The number of benzene rings is 3. The summed E-state index contributed by atoms with van der Waals surface area (Å²) in [6, 6.07) is 22.0. The van der Waals surface area contributed by atoms with Crippen LogP contribution in [0.3, 0.4) is 0 Å². The van der Waals surface area contributed by atoms with Gasteiger partial charge in [-0.05, 0) is 81.0 Å². The Morgan fingerprint density at radius 1 is 1.00 bits per heavy atom. The van der Waals surface area contributed by atoms with Gasteiger partial charge < -0.3 is 15.5 Å². The summed E-state index contributed by atoms with van der Waals surface area (Å²) in [7, 11) is 4.02. The number of anilines is 2. The Balaban J connectivity index is 1.16. The van der Waals surface area contributed by atoms with Crippen LogP contribution >= 0.6 is 11.8 Å².